The van der Waals surface area contributed by atoms with Crippen molar-refractivity contribution in [2.75, 3.05) is 13.1 Å². The molecular formula is C17H22ClN3O3. The number of hydrogen-bond acceptors (Lipinski definition) is 6. The summed E-state index contributed by atoms with van der Waals surface area (Å²) in [4.78, 5) is 13.8. The maximum absolute atomic E-state index is 11.9. The van der Waals surface area contributed by atoms with Crippen LogP contribution in [0, 0.1) is 0 Å². The number of carbonyl (C=O) groups is 1. The van der Waals surface area contributed by atoms with Crippen LogP contribution in [0.15, 0.2) is 28.7 Å². The van der Waals surface area contributed by atoms with Gasteiger partial charge in [0.1, 0.15) is 0 Å². The third-order valence-electron chi connectivity index (χ3n) is 3.19. The Bertz CT molecular complexity index is 673. The lowest BCUT2D eigenvalue weighted by Gasteiger charge is -2.19. The van der Waals surface area contributed by atoms with Crippen molar-refractivity contribution in [3.8, 4) is 11.5 Å². The first-order chi connectivity index (χ1) is 11.5. The van der Waals surface area contributed by atoms with Crippen LogP contribution in [-0.2, 0) is 16.1 Å². The van der Waals surface area contributed by atoms with Crippen molar-refractivity contribution in [3.63, 3.8) is 0 Å². The highest BCUT2D eigenvalue weighted by Crippen LogP contribution is 2.26. The van der Waals surface area contributed by atoms with E-state index in [9.17, 15) is 4.79 Å². The van der Waals surface area contributed by atoms with E-state index < -0.39 is 0 Å². The Morgan fingerprint density at radius 2 is 2.08 bits per heavy atom. The number of ether oxygens (including phenoxy) is 1. The van der Waals surface area contributed by atoms with E-state index in [4.69, 9.17) is 20.8 Å². The van der Waals surface area contributed by atoms with E-state index in [0.29, 0.717) is 28.9 Å². The molecule has 1 aromatic heterocycles. The van der Waals surface area contributed by atoms with E-state index in [1.807, 2.05) is 43.9 Å². The SMILES string of the molecule is CCCN(CC(=O)OC(C)C)Cc1nnc(-c2ccccc2Cl)o1. The van der Waals surface area contributed by atoms with Crippen LogP contribution in [0.5, 0.6) is 0 Å². The molecule has 0 N–H and O–H groups in total. The minimum atomic E-state index is -0.260. The molecule has 0 bridgehead atoms. The lowest BCUT2D eigenvalue weighted by molar-refractivity contribution is -0.148. The molecule has 130 valence electrons. The van der Waals surface area contributed by atoms with Crippen LogP contribution < -0.4 is 0 Å². The van der Waals surface area contributed by atoms with Gasteiger partial charge in [0.15, 0.2) is 0 Å². The predicted molar refractivity (Wildman–Crippen MR) is 91.5 cm³/mol. The van der Waals surface area contributed by atoms with Crippen molar-refractivity contribution in [2.24, 2.45) is 0 Å². The highest BCUT2D eigenvalue weighted by molar-refractivity contribution is 6.33. The monoisotopic (exact) mass is 351 g/mol. The van der Waals surface area contributed by atoms with Crippen molar-refractivity contribution >= 4 is 17.6 Å². The Morgan fingerprint density at radius 3 is 2.75 bits per heavy atom. The first kappa shape index (κ1) is 18.4. The van der Waals surface area contributed by atoms with Crippen LogP contribution in [0.25, 0.3) is 11.5 Å². The maximum Gasteiger partial charge on any atom is 0.320 e. The highest BCUT2D eigenvalue weighted by atomic mass is 35.5. The largest absolute Gasteiger partial charge is 0.462 e. The summed E-state index contributed by atoms with van der Waals surface area (Å²) in [6.07, 6.45) is 0.775. The van der Waals surface area contributed by atoms with Gasteiger partial charge in [-0.25, -0.2) is 0 Å². The molecule has 2 aromatic rings. The first-order valence-corrected chi connectivity index (χ1v) is 8.36. The normalized spacial score (nSPS) is 11.2. The summed E-state index contributed by atoms with van der Waals surface area (Å²) in [6.45, 7) is 7.01. The summed E-state index contributed by atoms with van der Waals surface area (Å²) in [7, 11) is 0. The predicted octanol–water partition coefficient (Wildman–Crippen LogP) is 3.55. The fraction of sp³-hybridized carbons (Fsp3) is 0.471. The van der Waals surface area contributed by atoms with Crippen molar-refractivity contribution in [1.82, 2.24) is 15.1 Å². The zero-order chi connectivity index (χ0) is 17.5. The molecule has 0 aliphatic rings. The number of benzene rings is 1. The summed E-state index contributed by atoms with van der Waals surface area (Å²) >= 11 is 6.14. The van der Waals surface area contributed by atoms with Crippen LogP contribution in [0.4, 0.5) is 0 Å². The Labute approximate surface area is 146 Å². The Kier molecular flexibility index (Phi) is 6.75. The highest BCUT2D eigenvalue weighted by Gasteiger charge is 2.17. The lowest BCUT2D eigenvalue weighted by Crippen LogP contribution is -2.32. The Morgan fingerprint density at radius 1 is 1.33 bits per heavy atom. The lowest BCUT2D eigenvalue weighted by atomic mass is 10.2. The summed E-state index contributed by atoms with van der Waals surface area (Å²) in [5.74, 6) is 0.553. The zero-order valence-corrected chi connectivity index (χ0v) is 14.9. The van der Waals surface area contributed by atoms with Crippen molar-refractivity contribution in [3.05, 3.63) is 35.2 Å². The zero-order valence-electron chi connectivity index (χ0n) is 14.2. The molecule has 7 heteroatoms. The number of aromatic nitrogens is 2. The van der Waals surface area contributed by atoms with Gasteiger partial charge in [-0.15, -0.1) is 10.2 Å². The molecule has 1 heterocycles. The third-order valence-corrected chi connectivity index (χ3v) is 3.52. The summed E-state index contributed by atoms with van der Waals surface area (Å²) in [5.41, 5.74) is 0.694. The molecule has 0 saturated heterocycles. The van der Waals surface area contributed by atoms with Crippen LogP contribution in [0.2, 0.25) is 5.02 Å². The van der Waals surface area contributed by atoms with Gasteiger partial charge in [-0.1, -0.05) is 30.7 Å². The first-order valence-electron chi connectivity index (χ1n) is 7.98. The van der Waals surface area contributed by atoms with Gasteiger partial charge in [-0.2, -0.15) is 0 Å². The van der Waals surface area contributed by atoms with Crippen LogP contribution >= 0.6 is 11.6 Å². The van der Waals surface area contributed by atoms with Gasteiger partial charge < -0.3 is 9.15 Å². The van der Waals surface area contributed by atoms with Gasteiger partial charge in [0.05, 0.1) is 29.8 Å². The number of hydrogen-bond donors (Lipinski definition) is 0. The second-order valence-corrected chi connectivity index (χ2v) is 6.14. The minimum Gasteiger partial charge on any atom is -0.462 e. The fourth-order valence-corrected chi connectivity index (χ4v) is 2.48. The molecule has 0 saturated carbocycles. The van der Waals surface area contributed by atoms with Gasteiger partial charge in [-0.05, 0) is 38.9 Å². The molecule has 0 amide bonds. The molecule has 24 heavy (non-hydrogen) atoms. The van der Waals surface area contributed by atoms with E-state index in [1.165, 1.54) is 0 Å². The molecule has 1 aromatic carbocycles. The molecule has 0 atom stereocenters. The molecule has 0 fully saturated rings. The molecule has 2 rings (SSSR count). The Balaban J connectivity index is 2.05. The smallest absolute Gasteiger partial charge is 0.320 e. The van der Waals surface area contributed by atoms with Crippen molar-refractivity contribution in [2.45, 2.75) is 39.8 Å². The molecule has 0 radical (unpaired) electrons. The number of rotatable bonds is 8. The fourth-order valence-electron chi connectivity index (χ4n) is 2.27. The Hall–Kier alpha value is -1.92. The molecule has 0 unspecified atom stereocenters. The van der Waals surface area contributed by atoms with Crippen LogP contribution in [-0.4, -0.2) is 40.3 Å². The average molecular weight is 352 g/mol. The number of esters is 1. The number of halogens is 1. The third kappa shape index (κ3) is 5.32. The van der Waals surface area contributed by atoms with Crippen molar-refractivity contribution in [1.29, 1.82) is 0 Å². The molecule has 0 spiro atoms. The summed E-state index contributed by atoms with van der Waals surface area (Å²) < 4.78 is 10.9. The second-order valence-electron chi connectivity index (χ2n) is 5.73. The van der Waals surface area contributed by atoms with E-state index in [2.05, 4.69) is 10.2 Å². The molecule has 0 aliphatic carbocycles. The van der Waals surface area contributed by atoms with E-state index in [0.717, 1.165) is 13.0 Å². The second kappa shape index (κ2) is 8.80. The van der Waals surface area contributed by atoms with Gasteiger partial charge in [0, 0.05) is 0 Å². The van der Waals surface area contributed by atoms with Crippen molar-refractivity contribution < 1.29 is 13.9 Å². The van der Waals surface area contributed by atoms with Gasteiger partial charge >= 0.3 is 5.97 Å². The van der Waals surface area contributed by atoms with Gasteiger partial charge in [0.2, 0.25) is 11.8 Å². The molecule has 0 aliphatic heterocycles. The van der Waals surface area contributed by atoms with Gasteiger partial charge in [0.25, 0.3) is 0 Å². The molecular weight excluding hydrogens is 330 g/mol. The van der Waals surface area contributed by atoms with Crippen LogP contribution in [0.3, 0.4) is 0 Å². The minimum absolute atomic E-state index is 0.129. The summed E-state index contributed by atoms with van der Waals surface area (Å²) in [5, 5.41) is 8.65. The standard InChI is InChI=1S/C17H22ClN3O3/c1-4-9-21(11-16(22)23-12(2)3)10-15-19-20-17(24-15)13-7-5-6-8-14(13)18/h5-8,12H,4,9-11H2,1-3H3. The topological polar surface area (TPSA) is 68.5 Å². The number of carbonyl (C=O) groups excluding carboxylic acids is 1. The quantitative estimate of drug-likeness (QED) is 0.677. The number of nitrogens with zero attached hydrogens (tertiary/aromatic N) is 3. The summed E-state index contributed by atoms with van der Waals surface area (Å²) in [6, 6.07) is 7.29. The van der Waals surface area contributed by atoms with E-state index >= 15 is 0 Å². The van der Waals surface area contributed by atoms with E-state index in [-0.39, 0.29) is 18.6 Å². The maximum atomic E-state index is 11.9. The van der Waals surface area contributed by atoms with Gasteiger partial charge in [-0.3, -0.25) is 9.69 Å². The molecule has 6 nitrogen and oxygen atoms in total. The van der Waals surface area contributed by atoms with E-state index in [1.54, 1.807) is 6.07 Å². The van der Waals surface area contributed by atoms with Crippen LogP contribution in [0.1, 0.15) is 33.1 Å². The average Bonchev–Trinajstić information content (AvgIpc) is 2.95.